The summed E-state index contributed by atoms with van der Waals surface area (Å²) in [6.07, 6.45) is 4.33. The molecule has 1 aromatic heterocycles. The van der Waals surface area contributed by atoms with Crippen LogP contribution in [0.5, 0.6) is 5.75 Å². The first-order chi connectivity index (χ1) is 11.5. The molecule has 2 rings (SSSR count). The molecular formula is C19H27N3O2. The van der Waals surface area contributed by atoms with Crippen LogP contribution in [-0.4, -0.2) is 34.0 Å². The van der Waals surface area contributed by atoms with E-state index in [-0.39, 0.29) is 5.91 Å². The highest BCUT2D eigenvalue weighted by molar-refractivity contribution is 5.76. The van der Waals surface area contributed by atoms with E-state index in [9.17, 15) is 4.79 Å². The molecule has 0 saturated heterocycles. The SMILES string of the molecule is CCN(Cc1nccn1Cc1ccc(OC)cc1)C(=O)CC(C)C. The maximum absolute atomic E-state index is 12.3. The first-order valence-corrected chi connectivity index (χ1v) is 8.44. The van der Waals surface area contributed by atoms with Gasteiger partial charge in [-0.1, -0.05) is 26.0 Å². The average Bonchev–Trinajstić information content (AvgIpc) is 2.99. The summed E-state index contributed by atoms with van der Waals surface area (Å²) in [7, 11) is 1.66. The zero-order valence-electron chi connectivity index (χ0n) is 15.0. The number of imidazole rings is 1. The van der Waals surface area contributed by atoms with Gasteiger partial charge < -0.3 is 14.2 Å². The van der Waals surface area contributed by atoms with Crippen LogP contribution in [-0.2, 0) is 17.9 Å². The van der Waals surface area contributed by atoms with Crippen molar-refractivity contribution >= 4 is 5.91 Å². The molecule has 0 bridgehead atoms. The van der Waals surface area contributed by atoms with Gasteiger partial charge in [-0.25, -0.2) is 4.98 Å². The molecule has 0 aliphatic rings. The molecule has 24 heavy (non-hydrogen) atoms. The highest BCUT2D eigenvalue weighted by Gasteiger charge is 2.16. The van der Waals surface area contributed by atoms with E-state index in [0.29, 0.717) is 25.4 Å². The fraction of sp³-hybridized carbons (Fsp3) is 0.474. The second-order valence-electron chi connectivity index (χ2n) is 6.33. The van der Waals surface area contributed by atoms with Crippen molar-refractivity contribution in [2.24, 2.45) is 5.92 Å². The normalized spacial score (nSPS) is 10.9. The number of benzene rings is 1. The molecule has 0 fully saturated rings. The van der Waals surface area contributed by atoms with E-state index in [0.717, 1.165) is 18.1 Å². The minimum atomic E-state index is 0.187. The van der Waals surface area contributed by atoms with Crippen LogP contribution in [0, 0.1) is 5.92 Å². The van der Waals surface area contributed by atoms with Gasteiger partial charge in [0.25, 0.3) is 0 Å². The van der Waals surface area contributed by atoms with E-state index >= 15 is 0 Å². The lowest BCUT2D eigenvalue weighted by Gasteiger charge is -2.22. The van der Waals surface area contributed by atoms with Crippen LogP contribution in [0.15, 0.2) is 36.7 Å². The molecule has 0 unspecified atom stereocenters. The maximum atomic E-state index is 12.3. The highest BCUT2D eigenvalue weighted by Crippen LogP contribution is 2.14. The van der Waals surface area contributed by atoms with Crippen LogP contribution in [0.3, 0.4) is 0 Å². The van der Waals surface area contributed by atoms with Crippen molar-refractivity contribution < 1.29 is 9.53 Å². The molecule has 0 aliphatic carbocycles. The van der Waals surface area contributed by atoms with Gasteiger partial charge in [-0.15, -0.1) is 0 Å². The standard InChI is InChI=1S/C19H27N3O2/c1-5-21(19(23)12-15(2)3)14-18-20-10-11-22(18)13-16-6-8-17(24-4)9-7-16/h6-11,15H,5,12-14H2,1-4H3. The molecule has 0 spiro atoms. The third-order valence-corrected chi connectivity index (χ3v) is 3.96. The summed E-state index contributed by atoms with van der Waals surface area (Å²) in [5.74, 6) is 2.31. The van der Waals surface area contributed by atoms with Crippen molar-refractivity contribution in [2.45, 2.75) is 40.3 Å². The second-order valence-corrected chi connectivity index (χ2v) is 6.33. The predicted octanol–water partition coefficient (Wildman–Crippen LogP) is 3.33. The summed E-state index contributed by atoms with van der Waals surface area (Å²) < 4.78 is 7.28. The summed E-state index contributed by atoms with van der Waals surface area (Å²) in [5, 5.41) is 0. The lowest BCUT2D eigenvalue weighted by molar-refractivity contribution is -0.132. The molecule has 130 valence electrons. The predicted molar refractivity (Wildman–Crippen MR) is 94.9 cm³/mol. The average molecular weight is 329 g/mol. The van der Waals surface area contributed by atoms with Gasteiger partial charge >= 0.3 is 0 Å². The van der Waals surface area contributed by atoms with Gasteiger partial charge in [-0.2, -0.15) is 0 Å². The Morgan fingerprint density at radius 1 is 1.29 bits per heavy atom. The zero-order chi connectivity index (χ0) is 17.5. The minimum absolute atomic E-state index is 0.187. The summed E-state index contributed by atoms with van der Waals surface area (Å²) in [4.78, 5) is 18.6. The number of aromatic nitrogens is 2. The Kier molecular flexibility index (Phi) is 6.41. The van der Waals surface area contributed by atoms with Gasteiger partial charge in [0.05, 0.1) is 13.7 Å². The number of ether oxygens (including phenoxy) is 1. The smallest absolute Gasteiger partial charge is 0.223 e. The first-order valence-electron chi connectivity index (χ1n) is 8.44. The quantitative estimate of drug-likeness (QED) is 0.746. The van der Waals surface area contributed by atoms with Crippen molar-refractivity contribution in [1.29, 1.82) is 0 Å². The summed E-state index contributed by atoms with van der Waals surface area (Å²) in [6, 6.07) is 8.00. The Bertz CT molecular complexity index is 647. The third-order valence-electron chi connectivity index (χ3n) is 3.96. The van der Waals surface area contributed by atoms with Gasteiger partial charge in [-0.05, 0) is 30.5 Å². The van der Waals surface area contributed by atoms with Crippen LogP contribution in [0.2, 0.25) is 0 Å². The van der Waals surface area contributed by atoms with Crippen LogP contribution in [0.1, 0.15) is 38.6 Å². The van der Waals surface area contributed by atoms with Gasteiger partial charge in [0, 0.05) is 31.9 Å². The maximum Gasteiger partial charge on any atom is 0.223 e. The van der Waals surface area contributed by atoms with Crippen molar-refractivity contribution in [2.75, 3.05) is 13.7 Å². The number of rotatable bonds is 8. The number of carbonyl (C=O) groups excluding carboxylic acids is 1. The van der Waals surface area contributed by atoms with Crippen molar-refractivity contribution in [3.63, 3.8) is 0 Å². The van der Waals surface area contributed by atoms with Gasteiger partial charge in [0.2, 0.25) is 5.91 Å². The van der Waals surface area contributed by atoms with Gasteiger partial charge in [0.15, 0.2) is 0 Å². The number of carbonyl (C=O) groups is 1. The highest BCUT2D eigenvalue weighted by atomic mass is 16.5. The molecule has 1 heterocycles. The Morgan fingerprint density at radius 3 is 2.58 bits per heavy atom. The molecule has 0 atom stereocenters. The third kappa shape index (κ3) is 4.85. The summed E-state index contributed by atoms with van der Waals surface area (Å²) in [6.45, 7) is 8.11. The fourth-order valence-electron chi connectivity index (χ4n) is 2.59. The van der Waals surface area contributed by atoms with E-state index in [2.05, 4.69) is 23.4 Å². The Hall–Kier alpha value is -2.30. The van der Waals surface area contributed by atoms with Crippen molar-refractivity contribution in [1.82, 2.24) is 14.5 Å². The number of methoxy groups -OCH3 is 1. The van der Waals surface area contributed by atoms with E-state index < -0.39 is 0 Å². The Labute approximate surface area is 144 Å². The molecule has 0 N–H and O–H groups in total. The number of amides is 1. The van der Waals surface area contributed by atoms with Crippen LogP contribution in [0.25, 0.3) is 0 Å². The lowest BCUT2D eigenvalue weighted by atomic mass is 10.1. The number of nitrogens with zero attached hydrogens (tertiary/aromatic N) is 3. The monoisotopic (exact) mass is 329 g/mol. The first kappa shape index (κ1) is 18.0. The van der Waals surface area contributed by atoms with Crippen molar-refractivity contribution in [3.8, 4) is 5.75 Å². The topological polar surface area (TPSA) is 47.4 Å². The molecule has 0 aliphatic heterocycles. The van der Waals surface area contributed by atoms with Crippen LogP contribution >= 0.6 is 0 Å². The molecule has 1 aromatic carbocycles. The molecule has 0 radical (unpaired) electrons. The van der Waals surface area contributed by atoms with E-state index in [1.54, 1.807) is 13.3 Å². The summed E-state index contributed by atoms with van der Waals surface area (Å²) in [5.41, 5.74) is 1.17. The Balaban J connectivity index is 2.06. The molecule has 5 heteroatoms. The van der Waals surface area contributed by atoms with Gasteiger partial charge in [-0.3, -0.25) is 4.79 Å². The molecule has 1 amide bonds. The van der Waals surface area contributed by atoms with Crippen LogP contribution < -0.4 is 4.74 Å². The molecule has 5 nitrogen and oxygen atoms in total. The number of hydrogen-bond acceptors (Lipinski definition) is 3. The minimum Gasteiger partial charge on any atom is -0.497 e. The van der Waals surface area contributed by atoms with Gasteiger partial charge in [0.1, 0.15) is 11.6 Å². The van der Waals surface area contributed by atoms with Crippen molar-refractivity contribution in [3.05, 3.63) is 48.0 Å². The van der Waals surface area contributed by atoms with E-state index in [4.69, 9.17) is 4.74 Å². The Morgan fingerprint density at radius 2 is 2.00 bits per heavy atom. The molecule has 2 aromatic rings. The zero-order valence-corrected chi connectivity index (χ0v) is 15.0. The van der Waals surface area contributed by atoms with E-state index in [1.165, 1.54) is 5.56 Å². The fourth-order valence-corrected chi connectivity index (χ4v) is 2.59. The summed E-state index contributed by atoms with van der Waals surface area (Å²) >= 11 is 0. The van der Waals surface area contributed by atoms with Crippen LogP contribution in [0.4, 0.5) is 0 Å². The number of hydrogen-bond donors (Lipinski definition) is 0. The molecule has 0 saturated carbocycles. The lowest BCUT2D eigenvalue weighted by Crippen LogP contribution is -2.32. The van der Waals surface area contributed by atoms with E-state index in [1.807, 2.05) is 42.3 Å². The largest absolute Gasteiger partial charge is 0.497 e. The second kappa shape index (κ2) is 8.52. The molecular weight excluding hydrogens is 302 g/mol.